The Balaban J connectivity index is 2.86. The molecule has 0 bridgehead atoms. The smallest absolute Gasteiger partial charge is 0.242 e. The minimum atomic E-state index is -0.412. The first-order valence-corrected chi connectivity index (χ1v) is 15.5. The number of likely N-dealkylation sites (N-methyl/N-ethyl adjacent to an activating group) is 2. The highest BCUT2D eigenvalue weighted by atomic mass is 32.2. The highest BCUT2D eigenvalue weighted by molar-refractivity contribution is 7.99. The summed E-state index contributed by atoms with van der Waals surface area (Å²) in [4.78, 5) is 45.4. The fourth-order valence-electron chi connectivity index (χ4n) is 5.55. The molecular formula is C28H55N5O4S. The molecule has 38 heavy (non-hydrogen) atoms. The number of amides is 3. The average molecular weight is 558 g/mol. The maximum Gasteiger partial charge on any atom is 0.242 e. The molecule has 1 aliphatic rings. The van der Waals surface area contributed by atoms with Crippen LogP contribution in [0, 0.1) is 11.8 Å². The van der Waals surface area contributed by atoms with Gasteiger partial charge in [-0.05, 0) is 45.2 Å². The maximum absolute atomic E-state index is 13.3. The van der Waals surface area contributed by atoms with Gasteiger partial charge in [0.2, 0.25) is 17.7 Å². The molecule has 0 spiro atoms. The number of hydrogen-bond acceptors (Lipinski definition) is 7. The van der Waals surface area contributed by atoms with E-state index >= 15 is 0 Å². The molecule has 0 saturated carbocycles. The number of methoxy groups -OCH3 is 1. The van der Waals surface area contributed by atoms with E-state index in [1.54, 1.807) is 30.8 Å². The number of ether oxygens (including phenoxy) is 1. The Hall–Kier alpha value is -1.36. The monoisotopic (exact) mass is 557 g/mol. The van der Waals surface area contributed by atoms with Crippen LogP contribution in [0.4, 0.5) is 0 Å². The predicted molar refractivity (Wildman–Crippen MR) is 157 cm³/mol. The van der Waals surface area contributed by atoms with Gasteiger partial charge in [0.15, 0.2) is 0 Å². The molecule has 0 aromatic carbocycles. The van der Waals surface area contributed by atoms with E-state index in [9.17, 15) is 14.4 Å². The van der Waals surface area contributed by atoms with Crippen LogP contribution in [0.15, 0.2) is 0 Å². The normalized spacial score (nSPS) is 18.9. The van der Waals surface area contributed by atoms with Gasteiger partial charge in [0.1, 0.15) is 0 Å². The Morgan fingerprint density at radius 1 is 1.16 bits per heavy atom. The zero-order valence-electron chi connectivity index (χ0n) is 25.4. The van der Waals surface area contributed by atoms with Crippen molar-refractivity contribution in [1.29, 1.82) is 0 Å². The lowest BCUT2D eigenvalue weighted by atomic mass is 9.90. The third-order valence-corrected chi connectivity index (χ3v) is 8.88. The van der Waals surface area contributed by atoms with Crippen molar-refractivity contribution in [1.82, 2.24) is 25.3 Å². The summed E-state index contributed by atoms with van der Waals surface area (Å²) in [5, 5.41) is 6.00. The minimum Gasteiger partial charge on any atom is -0.379 e. The average Bonchev–Trinajstić information content (AvgIpc) is 3.38. The van der Waals surface area contributed by atoms with Crippen molar-refractivity contribution in [2.45, 2.75) is 91.0 Å². The van der Waals surface area contributed by atoms with Crippen molar-refractivity contribution < 1.29 is 19.1 Å². The Morgan fingerprint density at radius 3 is 2.39 bits per heavy atom. The Labute approximate surface area is 236 Å². The zero-order chi connectivity index (χ0) is 28.8. The van der Waals surface area contributed by atoms with Gasteiger partial charge >= 0.3 is 0 Å². The predicted octanol–water partition coefficient (Wildman–Crippen LogP) is 2.65. The molecule has 1 rings (SSSR count). The first-order valence-electron chi connectivity index (χ1n) is 14.3. The summed E-state index contributed by atoms with van der Waals surface area (Å²) in [5.41, 5.74) is 0. The second-order valence-corrected chi connectivity index (χ2v) is 12.0. The number of hydrogen-bond donors (Lipinski definition) is 2. The SMILES string of the molecule is CCC(C)C(C(CC(=O)N1CCCC1CC)OC)N(C)C(=O)CNC(=O)C(C(C)C)N(C)CCSCNC. The van der Waals surface area contributed by atoms with Crippen molar-refractivity contribution in [3.05, 3.63) is 0 Å². The Kier molecular flexibility index (Phi) is 16.5. The summed E-state index contributed by atoms with van der Waals surface area (Å²) in [6.07, 6.45) is 3.72. The summed E-state index contributed by atoms with van der Waals surface area (Å²) >= 11 is 1.79. The maximum atomic E-state index is 13.3. The molecule has 0 radical (unpaired) electrons. The van der Waals surface area contributed by atoms with Crippen molar-refractivity contribution >= 4 is 29.5 Å². The molecule has 1 fully saturated rings. The molecule has 5 unspecified atom stereocenters. The van der Waals surface area contributed by atoms with Gasteiger partial charge in [0.05, 0.1) is 31.2 Å². The van der Waals surface area contributed by atoms with Gasteiger partial charge in [-0.15, -0.1) is 11.8 Å². The molecule has 0 aliphatic carbocycles. The third-order valence-electron chi connectivity index (χ3n) is 7.92. The highest BCUT2D eigenvalue weighted by Crippen LogP contribution is 2.25. The van der Waals surface area contributed by atoms with E-state index in [1.165, 1.54) is 0 Å². The van der Waals surface area contributed by atoms with Gasteiger partial charge in [-0.1, -0.05) is 41.0 Å². The van der Waals surface area contributed by atoms with Gasteiger partial charge in [0, 0.05) is 44.9 Å². The third kappa shape index (κ3) is 10.3. The summed E-state index contributed by atoms with van der Waals surface area (Å²) in [6.45, 7) is 11.8. The number of likely N-dealkylation sites (tertiary alicyclic amines) is 1. The Bertz CT molecular complexity index is 725. The standard InChI is InChI=1S/C28H55N5O4S/c1-10-21(5)27(23(37-9)17-24(34)33-14-12-13-22(33)11-2)32(8)25(35)18-30-28(36)26(20(3)4)31(7)15-16-38-19-29-6/h20-23,26-27,29H,10-19H2,1-9H3,(H,30,36). The molecule has 0 aromatic rings. The van der Waals surface area contributed by atoms with E-state index in [2.05, 4.69) is 36.3 Å². The van der Waals surface area contributed by atoms with Crippen LogP contribution >= 0.6 is 11.8 Å². The molecule has 1 heterocycles. The van der Waals surface area contributed by atoms with Gasteiger partial charge in [-0.3, -0.25) is 19.3 Å². The topological polar surface area (TPSA) is 94.2 Å². The molecule has 1 aliphatic heterocycles. The van der Waals surface area contributed by atoms with E-state index in [4.69, 9.17) is 4.74 Å². The van der Waals surface area contributed by atoms with Crippen LogP contribution in [0.25, 0.3) is 0 Å². The van der Waals surface area contributed by atoms with Crippen LogP contribution in [0.1, 0.15) is 66.7 Å². The van der Waals surface area contributed by atoms with Crippen molar-refractivity contribution in [2.24, 2.45) is 11.8 Å². The van der Waals surface area contributed by atoms with Crippen molar-refractivity contribution in [3.8, 4) is 0 Å². The van der Waals surface area contributed by atoms with E-state index in [0.29, 0.717) is 6.04 Å². The minimum absolute atomic E-state index is 0.0811. The second kappa shape index (κ2) is 18.1. The van der Waals surface area contributed by atoms with Gasteiger partial charge in [-0.2, -0.15) is 0 Å². The fraction of sp³-hybridized carbons (Fsp3) is 0.893. The van der Waals surface area contributed by atoms with E-state index in [1.807, 2.05) is 32.8 Å². The summed E-state index contributed by atoms with van der Waals surface area (Å²) in [7, 11) is 7.26. The number of nitrogens with one attached hydrogen (secondary N) is 2. The fourth-order valence-corrected chi connectivity index (χ4v) is 6.32. The van der Waals surface area contributed by atoms with Gasteiger partial charge in [0.25, 0.3) is 0 Å². The van der Waals surface area contributed by atoms with Crippen LogP contribution in [0.2, 0.25) is 0 Å². The van der Waals surface area contributed by atoms with Gasteiger partial charge in [-0.25, -0.2) is 0 Å². The van der Waals surface area contributed by atoms with Crippen molar-refractivity contribution in [3.63, 3.8) is 0 Å². The molecule has 3 amide bonds. The largest absolute Gasteiger partial charge is 0.379 e. The molecule has 1 saturated heterocycles. The lowest BCUT2D eigenvalue weighted by Gasteiger charge is -2.38. The van der Waals surface area contributed by atoms with Gasteiger partial charge < -0.3 is 25.2 Å². The summed E-state index contributed by atoms with van der Waals surface area (Å²) in [5.74, 6) is 1.80. The molecule has 2 N–H and O–H groups in total. The zero-order valence-corrected chi connectivity index (χ0v) is 26.2. The molecule has 0 aromatic heterocycles. The summed E-state index contributed by atoms with van der Waals surface area (Å²) in [6, 6.07) is -0.288. The highest BCUT2D eigenvalue weighted by Gasteiger charge is 2.37. The van der Waals surface area contributed by atoms with Crippen molar-refractivity contribution in [2.75, 3.05) is 59.5 Å². The number of carbonyl (C=O) groups excluding carboxylic acids is 3. The number of nitrogens with zero attached hydrogens (tertiary/aromatic N) is 3. The molecule has 5 atom stereocenters. The molecule has 10 heteroatoms. The Morgan fingerprint density at radius 2 is 1.84 bits per heavy atom. The van der Waals surface area contributed by atoms with Crippen LogP contribution in [-0.2, 0) is 19.1 Å². The van der Waals surface area contributed by atoms with Crippen LogP contribution < -0.4 is 10.6 Å². The van der Waals surface area contributed by atoms with Crippen LogP contribution in [-0.4, -0.2) is 116 Å². The lowest BCUT2D eigenvalue weighted by molar-refractivity contribution is -0.143. The van der Waals surface area contributed by atoms with Crippen LogP contribution in [0.5, 0.6) is 0 Å². The molecular weight excluding hydrogens is 502 g/mol. The second-order valence-electron chi connectivity index (χ2n) is 10.9. The number of rotatable bonds is 18. The van der Waals surface area contributed by atoms with Crippen LogP contribution in [0.3, 0.4) is 0 Å². The first kappa shape index (κ1) is 34.7. The quantitative estimate of drug-likeness (QED) is 0.198. The lowest BCUT2D eigenvalue weighted by Crippen LogP contribution is -2.55. The van der Waals surface area contributed by atoms with E-state index in [-0.39, 0.29) is 54.6 Å². The summed E-state index contributed by atoms with van der Waals surface area (Å²) < 4.78 is 5.85. The number of carbonyl (C=O) groups is 3. The van der Waals surface area contributed by atoms with E-state index in [0.717, 1.165) is 50.4 Å². The molecule has 9 nitrogen and oxygen atoms in total. The number of thioether (sulfide) groups is 1. The molecule has 222 valence electrons. The van der Waals surface area contributed by atoms with E-state index < -0.39 is 6.10 Å². The first-order chi connectivity index (χ1) is 18.0.